The monoisotopic (exact) mass is 229 g/mol. The Morgan fingerprint density at radius 2 is 1.71 bits per heavy atom. The summed E-state index contributed by atoms with van der Waals surface area (Å²) in [7, 11) is 0. The van der Waals surface area contributed by atoms with Crippen LogP contribution in [-0.2, 0) is 11.3 Å². The van der Waals surface area contributed by atoms with E-state index in [0.717, 1.165) is 19.4 Å². The zero-order valence-electron chi connectivity index (χ0n) is 10.1. The Morgan fingerprint density at radius 3 is 2.35 bits per heavy atom. The highest BCUT2D eigenvalue weighted by molar-refractivity contribution is 5.81. The van der Waals surface area contributed by atoms with Crippen molar-refractivity contribution in [2.24, 2.45) is 11.8 Å². The van der Waals surface area contributed by atoms with Crippen molar-refractivity contribution in [3.8, 4) is 0 Å². The number of Topliss-reactive ketones (excluding diaryl/α,β-unsaturated/α-hetero) is 1. The van der Waals surface area contributed by atoms with Gasteiger partial charge in [-0.1, -0.05) is 30.3 Å². The number of hydrogen-bond donors (Lipinski definition) is 1. The number of carbonyl (C=O) groups is 1. The van der Waals surface area contributed by atoms with Crippen LogP contribution >= 0.6 is 0 Å². The number of rotatable bonds is 3. The SMILES string of the molecule is O=C1C[C@@H]2CC(NCc3ccccc3)C[C@@H]2C1. The second-order valence-corrected chi connectivity index (χ2v) is 5.50. The fraction of sp³-hybridized carbons (Fsp3) is 0.533. The molecule has 0 bridgehead atoms. The van der Waals surface area contributed by atoms with Crippen LogP contribution in [0.1, 0.15) is 31.2 Å². The molecule has 0 radical (unpaired) electrons. The molecule has 90 valence electrons. The molecule has 2 fully saturated rings. The molecule has 0 spiro atoms. The van der Waals surface area contributed by atoms with Crippen molar-refractivity contribution in [1.29, 1.82) is 0 Å². The van der Waals surface area contributed by atoms with Gasteiger partial charge < -0.3 is 5.32 Å². The van der Waals surface area contributed by atoms with Crippen molar-refractivity contribution in [2.75, 3.05) is 0 Å². The topological polar surface area (TPSA) is 29.1 Å². The molecule has 1 aromatic rings. The Bertz CT molecular complexity index is 385. The molecule has 1 unspecified atom stereocenters. The summed E-state index contributed by atoms with van der Waals surface area (Å²) in [5.41, 5.74) is 1.35. The van der Waals surface area contributed by atoms with E-state index < -0.39 is 0 Å². The van der Waals surface area contributed by atoms with Crippen molar-refractivity contribution >= 4 is 5.78 Å². The van der Waals surface area contributed by atoms with Gasteiger partial charge in [0.15, 0.2) is 0 Å². The minimum Gasteiger partial charge on any atom is -0.310 e. The molecule has 0 amide bonds. The molecule has 1 N–H and O–H groups in total. The van der Waals surface area contributed by atoms with Crippen LogP contribution in [0.15, 0.2) is 30.3 Å². The van der Waals surface area contributed by atoms with Gasteiger partial charge in [-0.25, -0.2) is 0 Å². The largest absolute Gasteiger partial charge is 0.310 e. The maximum absolute atomic E-state index is 11.3. The number of ketones is 1. The molecule has 0 heterocycles. The van der Waals surface area contributed by atoms with Crippen molar-refractivity contribution in [3.63, 3.8) is 0 Å². The van der Waals surface area contributed by atoms with Gasteiger partial charge in [-0.2, -0.15) is 0 Å². The van der Waals surface area contributed by atoms with Crippen molar-refractivity contribution in [2.45, 2.75) is 38.3 Å². The molecule has 1 aromatic carbocycles. The van der Waals surface area contributed by atoms with Crippen LogP contribution in [0.25, 0.3) is 0 Å². The van der Waals surface area contributed by atoms with Gasteiger partial charge in [-0.3, -0.25) is 4.79 Å². The van der Waals surface area contributed by atoms with Crippen LogP contribution in [-0.4, -0.2) is 11.8 Å². The van der Waals surface area contributed by atoms with E-state index in [-0.39, 0.29) is 0 Å². The quantitative estimate of drug-likeness (QED) is 0.863. The van der Waals surface area contributed by atoms with E-state index in [2.05, 4.69) is 35.6 Å². The van der Waals surface area contributed by atoms with Gasteiger partial charge in [0.25, 0.3) is 0 Å². The maximum atomic E-state index is 11.3. The van der Waals surface area contributed by atoms with E-state index in [9.17, 15) is 4.79 Å². The van der Waals surface area contributed by atoms with Crippen LogP contribution in [0.5, 0.6) is 0 Å². The van der Waals surface area contributed by atoms with E-state index in [1.165, 1.54) is 18.4 Å². The van der Waals surface area contributed by atoms with Crippen LogP contribution in [0.3, 0.4) is 0 Å². The summed E-state index contributed by atoms with van der Waals surface area (Å²) < 4.78 is 0. The highest BCUT2D eigenvalue weighted by atomic mass is 16.1. The van der Waals surface area contributed by atoms with Crippen LogP contribution in [0.4, 0.5) is 0 Å². The lowest BCUT2D eigenvalue weighted by molar-refractivity contribution is -0.117. The van der Waals surface area contributed by atoms with Gasteiger partial charge in [0.1, 0.15) is 5.78 Å². The van der Waals surface area contributed by atoms with E-state index >= 15 is 0 Å². The predicted octanol–water partition coefficient (Wildman–Crippen LogP) is 2.53. The Kier molecular flexibility index (Phi) is 2.98. The molecule has 3 rings (SSSR count). The molecule has 2 aliphatic carbocycles. The summed E-state index contributed by atoms with van der Waals surface area (Å²) in [5, 5.41) is 3.63. The lowest BCUT2D eigenvalue weighted by atomic mass is 10.0. The Labute approximate surface area is 102 Å². The molecule has 0 aliphatic heterocycles. The van der Waals surface area contributed by atoms with Crippen molar-refractivity contribution in [3.05, 3.63) is 35.9 Å². The molecule has 2 aliphatic rings. The number of benzene rings is 1. The molecule has 0 aromatic heterocycles. The first-order valence-corrected chi connectivity index (χ1v) is 6.60. The van der Waals surface area contributed by atoms with E-state index in [0.29, 0.717) is 23.7 Å². The summed E-state index contributed by atoms with van der Waals surface area (Å²) in [5.74, 6) is 1.84. The van der Waals surface area contributed by atoms with Gasteiger partial charge in [-0.15, -0.1) is 0 Å². The molecular formula is C15H19NO. The average Bonchev–Trinajstić information content (AvgIpc) is 2.84. The number of hydrogen-bond acceptors (Lipinski definition) is 2. The van der Waals surface area contributed by atoms with Gasteiger partial charge in [0, 0.05) is 25.4 Å². The van der Waals surface area contributed by atoms with Crippen molar-refractivity contribution in [1.82, 2.24) is 5.32 Å². The molecule has 2 heteroatoms. The first kappa shape index (κ1) is 11.0. The van der Waals surface area contributed by atoms with Gasteiger partial charge in [-0.05, 0) is 30.2 Å². The summed E-state index contributed by atoms with van der Waals surface area (Å²) in [6, 6.07) is 11.2. The van der Waals surface area contributed by atoms with Gasteiger partial charge >= 0.3 is 0 Å². The first-order valence-electron chi connectivity index (χ1n) is 6.60. The van der Waals surface area contributed by atoms with Crippen LogP contribution in [0.2, 0.25) is 0 Å². The highest BCUT2D eigenvalue weighted by Gasteiger charge is 2.40. The van der Waals surface area contributed by atoms with Crippen LogP contribution < -0.4 is 5.32 Å². The molecule has 2 saturated carbocycles. The minimum atomic E-state index is 0.488. The normalized spacial score (nSPS) is 31.8. The standard InChI is InChI=1S/C15H19NO/c17-15-8-12-6-14(7-13(12)9-15)16-10-11-4-2-1-3-5-11/h1-5,12-14,16H,6-10H2/t12-,13+,14?. The summed E-state index contributed by atoms with van der Waals surface area (Å²) >= 11 is 0. The Balaban J connectivity index is 1.51. The molecular weight excluding hydrogens is 210 g/mol. The zero-order chi connectivity index (χ0) is 11.7. The third kappa shape index (κ3) is 2.42. The van der Waals surface area contributed by atoms with E-state index in [1.807, 2.05) is 0 Å². The molecule has 0 saturated heterocycles. The van der Waals surface area contributed by atoms with Gasteiger partial charge in [0.2, 0.25) is 0 Å². The minimum absolute atomic E-state index is 0.488. The van der Waals surface area contributed by atoms with Crippen LogP contribution in [0, 0.1) is 11.8 Å². The lowest BCUT2D eigenvalue weighted by Gasteiger charge is -2.13. The summed E-state index contributed by atoms with van der Waals surface area (Å²) in [4.78, 5) is 11.3. The Hall–Kier alpha value is -1.15. The second kappa shape index (κ2) is 4.61. The third-order valence-electron chi connectivity index (χ3n) is 4.26. The first-order chi connectivity index (χ1) is 8.31. The fourth-order valence-electron chi connectivity index (χ4n) is 3.40. The third-order valence-corrected chi connectivity index (χ3v) is 4.26. The van der Waals surface area contributed by atoms with Gasteiger partial charge in [0.05, 0.1) is 0 Å². The number of nitrogens with one attached hydrogen (secondary N) is 1. The molecule has 3 atom stereocenters. The van der Waals surface area contributed by atoms with E-state index in [1.54, 1.807) is 0 Å². The molecule has 2 nitrogen and oxygen atoms in total. The maximum Gasteiger partial charge on any atom is 0.133 e. The lowest BCUT2D eigenvalue weighted by Crippen LogP contribution is -2.26. The van der Waals surface area contributed by atoms with Crippen molar-refractivity contribution < 1.29 is 4.79 Å². The summed E-state index contributed by atoms with van der Waals surface area (Å²) in [6.07, 6.45) is 4.08. The predicted molar refractivity (Wildman–Crippen MR) is 67.5 cm³/mol. The average molecular weight is 229 g/mol. The molecule has 17 heavy (non-hydrogen) atoms. The second-order valence-electron chi connectivity index (χ2n) is 5.50. The summed E-state index contributed by atoms with van der Waals surface area (Å²) in [6.45, 7) is 0.957. The number of fused-ring (bicyclic) bond motifs is 1. The fourth-order valence-corrected chi connectivity index (χ4v) is 3.40. The zero-order valence-corrected chi connectivity index (χ0v) is 10.1. The number of carbonyl (C=O) groups excluding carboxylic acids is 1. The Morgan fingerprint density at radius 1 is 1.06 bits per heavy atom. The van der Waals surface area contributed by atoms with E-state index in [4.69, 9.17) is 0 Å². The smallest absolute Gasteiger partial charge is 0.133 e. The highest BCUT2D eigenvalue weighted by Crippen LogP contribution is 2.42.